The third-order valence-electron chi connectivity index (χ3n) is 4.64. The van der Waals surface area contributed by atoms with Crippen LogP contribution >= 0.6 is 0 Å². The van der Waals surface area contributed by atoms with Crippen LogP contribution in [-0.4, -0.2) is 29.3 Å². The van der Waals surface area contributed by atoms with Crippen molar-refractivity contribution in [1.82, 2.24) is 10.2 Å². The number of benzene rings is 2. The smallest absolute Gasteiger partial charge is 0.225 e. The van der Waals surface area contributed by atoms with Crippen molar-refractivity contribution < 1.29 is 14.3 Å². The van der Waals surface area contributed by atoms with Gasteiger partial charge in [0.05, 0.1) is 11.7 Å². The number of carbonyl (C=O) groups is 1. The van der Waals surface area contributed by atoms with Crippen LogP contribution in [0.4, 0.5) is 5.69 Å². The van der Waals surface area contributed by atoms with Crippen molar-refractivity contribution in [3.63, 3.8) is 0 Å². The molecule has 2 aliphatic heterocycles. The Morgan fingerprint density at radius 2 is 1.96 bits per heavy atom. The van der Waals surface area contributed by atoms with Crippen LogP contribution in [0.1, 0.15) is 23.5 Å². The summed E-state index contributed by atoms with van der Waals surface area (Å²) in [5, 5.41) is 11.2. The van der Waals surface area contributed by atoms with Crippen LogP contribution in [-0.2, 0) is 4.79 Å². The van der Waals surface area contributed by atoms with Gasteiger partial charge >= 0.3 is 0 Å². The van der Waals surface area contributed by atoms with Crippen LogP contribution in [0.25, 0.3) is 10.9 Å². The molecule has 1 amide bonds. The van der Waals surface area contributed by atoms with E-state index in [9.17, 15) is 4.79 Å². The molecule has 1 aromatic heterocycles. The van der Waals surface area contributed by atoms with Gasteiger partial charge in [-0.15, -0.1) is 0 Å². The minimum absolute atomic E-state index is 0.0151. The van der Waals surface area contributed by atoms with Gasteiger partial charge in [0.25, 0.3) is 0 Å². The molecule has 0 saturated heterocycles. The van der Waals surface area contributed by atoms with Gasteiger partial charge in [-0.05, 0) is 29.8 Å². The third kappa shape index (κ3) is 1.96. The van der Waals surface area contributed by atoms with E-state index in [0.29, 0.717) is 19.6 Å². The molecular formula is C18H15N3O3. The van der Waals surface area contributed by atoms with Gasteiger partial charge in [0.15, 0.2) is 11.5 Å². The molecule has 0 bridgehead atoms. The SMILES string of the molecule is O=C1CC(c2ccc3c(c2)OCCO3)c2c(ccc3cn[nH]c23)N1. The lowest BCUT2D eigenvalue weighted by molar-refractivity contribution is -0.116. The van der Waals surface area contributed by atoms with E-state index >= 15 is 0 Å². The van der Waals surface area contributed by atoms with Crippen molar-refractivity contribution in [3.05, 3.63) is 47.7 Å². The second kappa shape index (κ2) is 4.99. The summed E-state index contributed by atoms with van der Waals surface area (Å²) in [4.78, 5) is 12.2. The molecule has 0 saturated carbocycles. The van der Waals surface area contributed by atoms with E-state index in [1.54, 1.807) is 6.20 Å². The maximum absolute atomic E-state index is 12.2. The van der Waals surface area contributed by atoms with Crippen LogP contribution in [0.5, 0.6) is 11.5 Å². The molecule has 3 heterocycles. The van der Waals surface area contributed by atoms with E-state index in [-0.39, 0.29) is 11.8 Å². The molecule has 2 N–H and O–H groups in total. The van der Waals surface area contributed by atoms with Crippen LogP contribution in [0, 0.1) is 0 Å². The summed E-state index contributed by atoms with van der Waals surface area (Å²) in [5.41, 5.74) is 3.91. The van der Waals surface area contributed by atoms with Gasteiger partial charge in [0.1, 0.15) is 13.2 Å². The van der Waals surface area contributed by atoms with Gasteiger partial charge in [-0.3, -0.25) is 9.89 Å². The monoisotopic (exact) mass is 321 g/mol. The molecule has 120 valence electrons. The lowest BCUT2D eigenvalue weighted by Gasteiger charge is -2.27. The van der Waals surface area contributed by atoms with Gasteiger partial charge in [0, 0.05) is 29.0 Å². The number of ether oxygens (including phenoxy) is 2. The number of nitrogens with zero attached hydrogens (tertiary/aromatic N) is 1. The summed E-state index contributed by atoms with van der Waals surface area (Å²) < 4.78 is 11.3. The van der Waals surface area contributed by atoms with Crippen molar-refractivity contribution >= 4 is 22.5 Å². The fourth-order valence-electron chi connectivity index (χ4n) is 3.56. The Balaban J connectivity index is 1.69. The minimum Gasteiger partial charge on any atom is -0.486 e. The van der Waals surface area contributed by atoms with Crippen molar-refractivity contribution in [2.24, 2.45) is 0 Å². The van der Waals surface area contributed by atoms with Gasteiger partial charge in [-0.25, -0.2) is 0 Å². The topological polar surface area (TPSA) is 76.2 Å². The van der Waals surface area contributed by atoms with Crippen molar-refractivity contribution in [1.29, 1.82) is 0 Å². The van der Waals surface area contributed by atoms with Crippen molar-refractivity contribution in [3.8, 4) is 11.5 Å². The minimum atomic E-state index is -0.0475. The molecular weight excluding hydrogens is 306 g/mol. The average Bonchev–Trinajstić information content (AvgIpc) is 3.09. The Labute approximate surface area is 137 Å². The van der Waals surface area contributed by atoms with E-state index in [4.69, 9.17) is 9.47 Å². The van der Waals surface area contributed by atoms with Crippen LogP contribution in [0.2, 0.25) is 0 Å². The Morgan fingerprint density at radius 1 is 1.08 bits per heavy atom. The predicted molar refractivity (Wildman–Crippen MR) is 88.6 cm³/mol. The molecule has 1 atom stereocenters. The maximum Gasteiger partial charge on any atom is 0.225 e. The molecule has 3 aromatic rings. The van der Waals surface area contributed by atoms with Gasteiger partial charge < -0.3 is 14.8 Å². The summed E-state index contributed by atoms with van der Waals surface area (Å²) in [6.07, 6.45) is 2.19. The van der Waals surface area contributed by atoms with Crippen LogP contribution in [0.3, 0.4) is 0 Å². The van der Waals surface area contributed by atoms with E-state index in [1.807, 2.05) is 30.3 Å². The highest BCUT2D eigenvalue weighted by Gasteiger charge is 2.30. The highest BCUT2D eigenvalue weighted by molar-refractivity contribution is 6.00. The first-order valence-electron chi connectivity index (χ1n) is 7.95. The molecule has 0 aliphatic carbocycles. The molecule has 2 aromatic carbocycles. The maximum atomic E-state index is 12.2. The van der Waals surface area contributed by atoms with Gasteiger partial charge in [-0.1, -0.05) is 6.07 Å². The zero-order valence-corrected chi connectivity index (χ0v) is 12.8. The molecule has 0 radical (unpaired) electrons. The van der Waals surface area contributed by atoms with E-state index in [2.05, 4.69) is 15.5 Å². The number of anilines is 1. The zero-order valence-electron chi connectivity index (χ0n) is 12.8. The van der Waals surface area contributed by atoms with Crippen molar-refractivity contribution in [2.75, 3.05) is 18.5 Å². The third-order valence-corrected chi connectivity index (χ3v) is 4.64. The van der Waals surface area contributed by atoms with Gasteiger partial charge in [0.2, 0.25) is 5.91 Å². The predicted octanol–water partition coefficient (Wildman–Crippen LogP) is 2.81. The fraction of sp³-hybridized carbons (Fsp3) is 0.222. The second-order valence-electron chi connectivity index (χ2n) is 6.07. The first-order chi connectivity index (χ1) is 11.8. The number of hydrogen-bond acceptors (Lipinski definition) is 4. The first kappa shape index (κ1) is 13.4. The molecule has 6 heteroatoms. The molecule has 2 aliphatic rings. The zero-order chi connectivity index (χ0) is 16.1. The average molecular weight is 321 g/mol. The Kier molecular flexibility index (Phi) is 2.79. The van der Waals surface area contributed by atoms with Crippen LogP contribution < -0.4 is 14.8 Å². The Bertz CT molecular complexity index is 963. The van der Waals surface area contributed by atoms with E-state index in [1.165, 1.54) is 0 Å². The van der Waals surface area contributed by atoms with Crippen LogP contribution in [0.15, 0.2) is 36.5 Å². The summed E-state index contributed by atoms with van der Waals surface area (Å²) in [7, 11) is 0. The highest BCUT2D eigenvalue weighted by Crippen LogP contribution is 2.43. The molecule has 6 nitrogen and oxygen atoms in total. The van der Waals surface area contributed by atoms with Crippen molar-refractivity contribution in [2.45, 2.75) is 12.3 Å². The number of hydrogen-bond donors (Lipinski definition) is 2. The number of nitrogens with one attached hydrogen (secondary N) is 2. The Morgan fingerprint density at radius 3 is 2.88 bits per heavy atom. The molecule has 5 rings (SSSR count). The molecule has 24 heavy (non-hydrogen) atoms. The quantitative estimate of drug-likeness (QED) is 0.722. The first-order valence-corrected chi connectivity index (χ1v) is 7.95. The lowest BCUT2D eigenvalue weighted by atomic mass is 9.83. The number of aromatic nitrogens is 2. The molecule has 0 fully saturated rings. The van der Waals surface area contributed by atoms with E-state index < -0.39 is 0 Å². The normalized spacial score (nSPS) is 19.0. The second-order valence-corrected chi connectivity index (χ2v) is 6.07. The summed E-state index contributed by atoms with van der Waals surface area (Å²) in [5.74, 6) is 1.46. The molecule has 0 spiro atoms. The molecule has 1 unspecified atom stereocenters. The highest BCUT2D eigenvalue weighted by atomic mass is 16.6. The Hall–Kier alpha value is -3.02. The number of carbonyl (C=O) groups excluding carboxylic acids is 1. The summed E-state index contributed by atoms with van der Waals surface area (Å²) in [6.45, 7) is 1.11. The number of aromatic amines is 1. The number of H-pyrrole nitrogens is 1. The lowest BCUT2D eigenvalue weighted by Crippen LogP contribution is -2.24. The standard InChI is InChI=1S/C18H15N3O3/c22-16-8-12(10-2-4-14-15(7-10)24-6-5-23-14)17-13(20-16)3-1-11-9-19-21-18(11)17/h1-4,7,9,12H,5-6,8H2,(H,19,21)(H,20,22). The summed E-state index contributed by atoms with van der Waals surface area (Å²) in [6, 6.07) is 9.81. The largest absolute Gasteiger partial charge is 0.486 e. The van der Waals surface area contributed by atoms with E-state index in [0.717, 1.165) is 39.2 Å². The number of fused-ring (bicyclic) bond motifs is 4. The number of rotatable bonds is 1. The summed E-state index contributed by atoms with van der Waals surface area (Å²) >= 11 is 0. The van der Waals surface area contributed by atoms with Gasteiger partial charge in [-0.2, -0.15) is 5.10 Å². The fourth-order valence-corrected chi connectivity index (χ4v) is 3.56. The number of amides is 1.